The van der Waals surface area contributed by atoms with Crippen LogP contribution in [0.1, 0.15) is 37.8 Å². The van der Waals surface area contributed by atoms with Crippen molar-refractivity contribution < 1.29 is 4.74 Å². The Hall–Kier alpha value is -1.75. The second kappa shape index (κ2) is 10.9. The van der Waals surface area contributed by atoms with Crippen LogP contribution in [0, 0.1) is 0 Å². The second-order valence-electron chi connectivity index (χ2n) is 5.81. The normalized spacial score (nSPS) is 13.0. The number of unbranched alkanes of at least 4 members (excludes halogenated alkanes) is 2. The van der Waals surface area contributed by atoms with Crippen molar-refractivity contribution in [1.29, 1.82) is 0 Å². The Kier molecular flexibility index (Phi) is 9.14. The van der Waals surface area contributed by atoms with Crippen molar-refractivity contribution in [2.75, 3.05) is 41.3 Å². The quantitative estimate of drug-likeness (QED) is 0.417. The fraction of sp³-hybridized carbons (Fsp3) is 0.611. The van der Waals surface area contributed by atoms with Gasteiger partial charge in [-0.15, -0.1) is 0 Å². The molecule has 1 rings (SSSR count). The van der Waals surface area contributed by atoms with Crippen LogP contribution in [0.3, 0.4) is 0 Å². The third kappa shape index (κ3) is 6.48. The zero-order valence-electron chi connectivity index (χ0n) is 15.2. The van der Waals surface area contributed by atoms with Crippen molar-refractivity contribution in [3.05, 3.63) is 29.8 Å². The molecule has 0 fully saturated rings. The molecule has 0 bridgehead atoms. The average Bonchev–Trinajstić information content (AvgIpc) is 2.57. The number of para-hydroxylation sites is 1. The molecule has 0 spiro atoms. The maximum atomic E-state index is 5.50. The molecule has 1 aromatic carbocycles. The van der Waals surface area contributed by atoms with Gasteiger partial charge < -0.3 is 20.3 Å². The van der Waals surface area contributed by atoms with Crippen LogP contribution < -0.4 is 15.4 Å². The number of rotatable bonds is 9. The van der Waals surface area contributed by atoms with E-state index in [1.165, 1.54) is 24.8 Å². The third-order valence-electron chi connectivity index (χ3n) is 3.88. The molecule has 0 aromatic heterocycles. The molecule has 5 heteroatoms. The van der Waals surface area contributed by atoms with Crippen LogP contribution in [0.15, 0.2) is 29.3 Å². The summed E-state index contributed by atoms with van der Waals surface area (Å²) in [6.07, 6.45) is 3.64. The van der Waals surface area contributed by atoms with E-state index in [1.807, 2.05) is 25.2 Å². The van der Waals surface area contributed by atoms with Crippen molar-refractivity contribution in [3.8, 4) is 5.75 Å². The minimum absolute atomic E-state index is 0.209. The van der Waals surface area contributed by atoms with Crippen LogP contribution in [0.25, 0.3) is 0 Å². The van der Waals surface area contributed by atoms with Gasteiger partial charge in [-0.2, -0.15) is 0 Å². The van der Waals surface area contributed by atoms with Crippen molar-refractivity contribution in [3.63, 3.8) is 0 Å². The largest absolute Gasteiger partial charge is 0.496 e. The molecule has 130 valence electrons. The van der Waals surface area contributed by atoms with E-state index in [0.29, 0.717) is 0 Å². The Morgan fingerprint density at radius 2 is 1.96 bits per heavy atom. The fourth-order valence-corrected chi connectivity index (χ4v) is 2.51. The van der Waals surface area contributed by atoms with E-state index in [1.54, 1.807) is 7.11 Å². The van der Waals surface area contributed by atoms with E-state index in [0.717, 1.165) is 24.8 Å². The predicted octanol–water partition coefficient (Wildman–Crippen LogP) is 2.65. The number of nitrogens with one attached hydrogen (secondary N) is 2. The van der Waals surface area contributed by atoms with Crippen molar-refractivity contribution in [2.24, 2.45) is 4.99 Å². The lowest BCUT2D eigenvalue weighted by Gasteiger charge is -2.27. The summed E-state index contributed by atoms with van der Waals surface area (Å²) in [4.78, 5) is 6.49. The highest BCUT2D eigenvalue weighted by Gasteiger charge is 2.18. The molecule has 0 radical (unpaired) electrons. The Balaban J connectivity index is 2.66. The molecule has 23 heavy (non-hydrogen) atoms. The summed E-state index contributed by atoms with van der Waals surface area (Å²) < 4.78 is 5.50. The first kappa shape index (κ1) is 19.3. The Morgan fingerprint density at radius 3 is 2.57 bits per heavy atom. The Morgan fingerprint density at radius 1 is 1.22 bits per heavy atom. The molecule has 0 aliphatic carbocycles. The number of likely N-dealkylation sites (N-methyl/N-ethyl adjacent to an activating group) is 1. The summed E-state index contributed by atoms with van der Waals surface area (Å²) >= 11 is 0. The molecule has 1 unspecified atom stereocenters. The van der Waals surface area contributed by atoms with Crippen LogP contribution in [-0.2, 0) is 0 Å². The van der Waals surface area contributed by atoms with Gasteiger partial charge in [-0.3, -0.25) is 4.99 Å². The van der Waals surface area contributed by atoms with E-state index in [-0.39, 0.29) is 6.04 Å². The van der Waals surface area contributed by atoms with Gasteiger partial charge in [0.25, 0.3) is 0 Å². The minimum Gasteiger partial charge on any atom is -0.496 e. The van der Waals surface area contributed by atoms with Gasteiger partial charge in [0.1, 0.15) is 5.75 Å². The fourth-order valence-electron chi connectivity index (χ4n) is 2.51. The van der Waals surface area contributed by atoms with Crippen molar-refractivity contribution in [1.82, 2.24) is 15.5 Å². The highest BCUT2D eigenvalue weighted by molar-refractivity contribution is 5.79. The lowest BCUT2D eigenvalue weighted by atomic mass is 10.0. The topological polar surface area (TPSA) is 48.9 Å². The standard InChI is InChI=1S/C18H32N4O/c1-6-7-10-13-20-18(19-2)21-14-16(22(3)4)15-11-8-9-12-17(15)23-5/h8-9,11-12,16H,6-7,10,13-14H2,1-5H3,(H2,19,20,21). The summed E-state index contributed by atoms with van der Waals surface area (Å²) in [6, 6.07) is 8.37. The highest BCUT2D eigenvalue weighted by Crippen LogP contribution is 2.27. The maximum absolute atomic E-state index is 5.50. The van der Waals surface area contributed by atoms with Gasteiger partial charge in [0, 0.05) is 25.7 Å². The number of ether oxygens (including phenoxy) is 1. The molecular weight excluding hydrogens is 288 g/mol. The first-order chi connectivity index (χ1) is 11.1. The molecule has 0 saturated heterocycles. The van der Waals surface area contributed by atoms with Crippen molar-refractivity contribution in [2.45, 2.75) is 32.2 Å². The lowest BCUT2D eigenvalue weighted by Crippen LogP contribution is -2.42. The van der Waals surface area contributed by atoms with Gasteiger partial charge in [-0.1, -0.05) is 38.0 Å². The zero-order chi connectivity index (χ0) is 17.1. The summed E-state index contributed by atoms with van der Waals surface area (Å²) in [6.45, 7) is 3.93. The molecule has 0 saturated carbocycles. The number of hydrogen-bond acceptors (Lipinski definition) is 3. The van der Waals surface area contributed by atoms with E-state index in [4.69, 9.17) is 4.74 Å². The molecule has 2 N–H and O–H groups in total. The Labute approximate surface area is 141 Å². The average molecular weight is 320 g/mol. The predicted molar refractivity (Wildman–Crippen MR) is 98.3 cm³/mol. The third-order valence-corrected chi connectivity index (χ3v) is 3.88. The highest BCUT2D eigenvalue weighted by atomic mass is 16.5. The molecular formula is C18H32N4O. The van der Waals surface area contributed by atoms with Gasteiger partial charge in [-0.25, -0.2) is 0 Å². The number of nitrogens with zero attached hydrogens (tertiary/aromatic N) is 2. The molecule has 1 atom stereocenters. The number of benzene rings is 1. The molecule has 5 nitrogen and oxygen atoms in total. The van der Waals surface area contributed by atoms with Gasteiger partial charge in [0.2, 0.25) is 0 Å². The summed E-state index contributed by atoms with van der Waals surface area (Å²) in [5, 5.41) is 6.79. The first-order valence-corrected chi connectivity index (χ1v) is 8.37. The maximum Gasteiger partial charge on any atom is 0.191 e. The van der Waals surface area contributed by atoms with Gasteiger partial charge >= 0.3 is 0 Å². The summed E-state index contributed by atoms with van der Waals surface area (Å²) in [5.74, 6) is 1.77. The van der Waals surface area contributed by atoms with E-state index < -0.39 is 0 Å². The van der Waals surface area contributed by atoms with Crippen LogP contribution in [0.5, 0.6) is 5.75 Å². The van der Waals surface area contributed by atoms with Crippen molar-refractivity contribution >= 4 is 5.96 Å². The van der Waals surface area contributed by atoms with E-state index >= 15 is 0 Å². The summed E-state index contributed by atoms with van der Waals surface area (Å²) in [5.41, 5.74) is 1.17. The van der Waals surface area contributed by atoms with Crippen LogP contribution in [-0.4, -0.2) is 52.2 Å². The van der Waals surface area contributed by atoms with Gasteiger partial charge in [-0.05, 0) is 26.6 Å². The second-order valence-corrected chi connectivity index (χ2v) is 5.81. The van der Waals surface area contributed by atoms with Gasteiger partial charge in [0.15, 0.2) is 5.96 Å². The number of aliphatic imine (C=N–C) groups is 1. The molecule has 1 aromatic rings. The van der Waals surface area contributed by atoms with Crippen LogP contribution >= 0.6 is 0 Å². The number of guanidine groups is 1. The molecule has 0 heterocycles. The van der Waals surface area contributed by atoms with E-state index in [2.05, 4.69) is 47.6 Å². The molecule has 0 amide bonds. The lowest BCUT2D eigenvalue weighted by molar-refractivity contribution is 0.287. The van der Waals surface area contributed by atoms with Gasteiger partial charge in [0.05, 0.1) is 13.2 Å². The van der Waals surface area contributed by atoms with E-state index in [9.17, 15) is 0 Å². The van der Waals surface area contributed by atoms with Crippen LogP contribution in [0.4, 0.5) is 0 Å². The monoisotopic (exact) mass is 320 g/mol. The number of hydrogen-bond donors (Lipinski definition) is 2. The number of methoxy groups -OCH3 is 1. The Bertz CT molecular complexity index is 474. The first-order valence-electron chi connectivity index (χ1n) is 8.37. The zero-order valence-corrected chi connectivity index (χ0v) is 15.2. The SMILES string of the molecule is CCCCCNC(=NC)NCC(c1ccccc1OC)N(C)C. The summed E-state index contributed by atoms with van der Waals surface area (Å²) in [7, 11) is 7.68. The molecule has 0 aliphatic heterocycles. The molecule has 0 aliphatic rings. The minimum atomic E-state index is 0.209. The van der Waals surface area contributed by atoms with Crippen LogP contribution in [0.2, 0.25) is 0 Å². The smallest absolute Gasteiger partial charge is 0.191 e.